The Morgan fingerprint density at radius 3 is 2.81 bits per heavy atom. The van der Waals surface area contributed by atoms with Gasteiger partial charge in [0.05, 0.1) is 0 Å². The third-order valence-electron chi connectivity index (χ3n) is 2.35. The minimum absolute atomic E-state index is 0.447. The number of aryl methyl sites for hydroxylation is 1. The summed E-state index contributed by atoms with van der Waals surface area (Å²) >= 11 is 5.77. The highest BCUT2D eigenvalue weighted by atomic mass is 35.5. The number of nitrogens with one attached hydrogen (secondary N) is 1. The molecule has 0 aliphatic heterocycles. The number of aromatic nitrogens is 2. The lowest BCUT2D eigenvalue weighted by Crippen LogP contribution is -2.02. The maximum Gasteiger partial charge on any atom is 0.134 e. The molecular weight excluding hydrogens is 222 g/mol. The predicted molar refractivity (Wildman–Crippen MR) is 65.5 cm³/mol. The van der Waals surface area contributed by atoms with Gasteiger partial charge in [0.2, 0.25) is 0 Å². The van der Waals surface area contributed by atoms with Gasteiger partial charge in [-0.3, -0.25) is 0 Å². The molecule has 1 N–H and O–H groups in total. The third-order valence-corrected chi connectivity index (χ3v) is 2.56. The molecule has 4 heteroatoms. The van der Waals surface area contributed by atoms with Gasteiger partial charge in [0, 0.05) is 12.6 Å². The van der Waals surface area contributed by atoms with Crippen LogP contribution < -0.4 is 5.32 Å². The Morgan fingerprint density at radius 2 is 2.06 bits per heavy atom. The van der Waals surface area contributed by atoms with Crippen LogP contribution in [0.4, 0.5) is 5.82 Å². The fourth-order valence-electron chi connectivity index (χ4n) is 1.42. The topological polar surface area (TPSA) is 37.8 Å². The van der Waals surface area contributed by atoms with Crippen molar-refractivity contribution in [1.82, 2.24) is 9.97 Å². The summed E-state index contributed by atoms with van der Waals surface area (Å²) in [6.07, 6.45) is 1.45. The highest BCUT2D eigenvalue weighted by Gasteiger charge is 1.98. The third kappa shape index (κ3) is 2.70. The van der Waals surface area contributed by atoms with E-state index in [-0.39, 0.29) is 0 Å². The second-order valence-corrected chi connectivity index (χ2v) is 3.89. The van der Waals surface area contributed by atoms with Gasteiger partial charge >= 0.3 is 0 Å². The molecule has 0 saturated carbocycles. The summed E-state index contributed by atoms with van der Waals surface area (Å²) in [6.45, 7) is 2.82. The van der Waals surface area contributed by atoms with Crippen LogP contribution in [0.1, 0.15) is 11.1 Å². The van der Waals surface area contributed by atoms with Gasteiger partial charge < -0.3 is 5.32 Å². The van der Waals surface area contributed by atoms with E-state index in [1.54, 1.807) is 6.07 Å². The van der Waals surface area contributed by atoms with Gasteiger partial charge in [-0.1, -0.05) is 35.9 Å². The van der Waals surface area contributed by atoms with Crippen molar-refractivity contribution < 1.29 is 0 Å². The molecule has 0 aliphatic carbocycles. The second-order valence-electron chi connectivity index (χ2n) is 3.51. The van der Waals surface area contributed by atoms with Crippen molar-refractivity contribution in [3.8, 4) is 0 Å². The van der Waals surface area contributed by atoms with Gasteiger partial charge in [-0.2, -0.15) is 0 Å². The van der Waals surface area contributed by atoms with Crippen molar-refractivity contribution in [1.29, 1.82) is 0 Å². The molecule has 2 rings (SSSR count). The lowest BCUT2D eigenvalue weighted by molar-refractivity contribution is 1.07. The first-order valence-corrected chi connectivity index (χ1v) is 5.39. The molecule has 16 heavy (non-hydrogen) atoms. The van der Waals surface area contributed by atoms with E-state index < -0.39 is 0 Å². The summed E-state index contributed by atoms with van der Waals surface area (Å²) in [6, 6.07) is 9.94. The summed E-state index contributed by atoms with van der Waals surface area (Å²) in [7, 11) is 0. The van der Waals surface area contributed by atoms with Crippen LogP contribution in [0, 0.1) is 6.92 Å². The van der Waals surface area contributed by atoms with E-state index in [4.69, 9.17) is 11.6 Å². The molecule has 0 spiro atoms. The van der Waals surface area contributed by atoms with E-state index in [0.717, 1.165) is 12.4 Å². The van der Waals surface area contributed by atoms with E-state index >= 15 is 0 Å². The van der Waals surface area contributed by atoms with E-state index in [0.29, 0.717) is 5.15 Å². The van der Waals surface area contributed by atoms with Crippen molar-refractivity contribution in [2.75, 3.05) is 5.32 Å². The van der Waals surface area contributed by atoms with Crippen LogP contribution in [-0.2, 0) is 6.54 Å². The van der Waals surface area contributed by atoms with Crippen LogP contribution in [0.25, 0.3) is 0 Å². The number of anilines is 1. The molecule has 1 heterocycles. The number of halogens is 1. The Kier molecular flexibility index (Phi) is 3.37. The van der Waals surface area contributed by atoms with Crippen LogP contribution in [0.15, 0.2) is 36.7 Å². The molecule has 82 valence electrons. The molecular formula is C12H12ClN3. The van der Waals surface area contributed by atoms with E-state index in [2.05, 4.69) is 34.3 Å². The largest absolute Gasteiger partial charge is 0.366 e. The maximum atomic E-state index is 5.77. The van der Waals surface area contributed by atoms with E-state index in [1.807, 2.05) is 12.1 Å². The Hall–Kier alpha value is -1.61. The lowest BCUT2D eigenvalue weighted by Gasteiger charge is -2.07. The van der Waals surface area contributed by atoms with Crippen LogP contribution in [0.3, 0.4) is 0 Å². The van der Waals surface area contributed by atoms with Crippen LogP contribution >= 0.6 is 11.6 Å². The van der Waals surface area contributed by atoms with Crippen molar-refractivity contribution in [2.45, 2.75) is 13.5 Å². The molecule has 0 amide bonds. The van der Waals surface area contributed by atoms with Gasteiger partial charge in [-0.25, -0.2) is 9.97 Å². The van der Waals surface area contributed by atoms with Gasteiger partial charge in [0.15, 0.2) is 0 Å². The molecule has 0 unspecified atom stereocenters. The first-order valence-electron chi connectivity index (χ1n) is 5.01. The van der Waals surface area contributed by atoms with Gasteiger partial charge in [0.1, 0.15) is 17.3 Å². The van der Waals surface area contributed by atoms with Crippen molar-refractivity contribution >= 4 is 17.4 Å². The lowest BCUT2D eigenvalue weighted by atomic mass is 10.1. The zero-order valence-corrected chi connectivity index (χ0v) is 9.70. The van der Waals surface area contributed by atoms with Crippen LogP contribution in [0.5, 0.6) is 0 Å². The highest BCUT2D eigenvalue weighted by molar-refractivity contribution is 6.29. The predicted octanol–water partition coefficient (Wildman–Crippen LogP) is 3.05. The zero-order valence-electron chi connectivity index (χ0n) is 8.94. The summed E-state index contributed by atoms with van der Waals surface area (Å²) in [4.78, 5) is 7.90. The normalized spacial score (nSPS) is 10.1. The molecule has 0 aliphatic rings. The van der Waals surface area contributed by atoms with Crippen LogP contribution in [-0.4, -0.2) is 9.97 Å². The first kappa shape index (κ1) is 10.9. The number of rotatable bonds is 3. The van der Waals surface area contributed by atoms with Crippen LogP contribution in [0.2, 0.25) is 5.15 Å². The Bertz CT molecular complexity index is 485. The summed E-state index contributed by atoms with van der Waals surface area (Å²) in [5.41, 5.74) is 2.51. The molecule has 0 atom stereocenters. The summed E-state index contributed by atoms with van der Waals surface area (Å²) < 4.78 is 0. The SMILES string of the molecule is Cc1ccccc1CNc1cc(Cl)ncn1. The van der Waals surface area contributed by atoms with Crippen molar-refractivity contribution in [3.63, 3.8) is 0 Å². The standard InChI is InChI=1S/C12H12ClN3/c1-9-4-2-3-5-10(9)7-14-12-6-11(13)15-8-16-12/h2-6,8H,7H2,1H3,(H,14,15,16). The first-order chi connectivity index (χ1) is 7.75. The molecule has 0 bridgehead atoms. The Balaban J connectivity index is 2.05. The van der Waals surface area contributed by atoms with E-state index in [9.17, 15) is 0 Å². The zero-order chi connectivity index (χ0) is 11.4. The van der Waals surface area contributed by atoms with Crippen molar-refractivity contribution in [2.24, 2.45) is 0 Å². The molecule has 3 nitrogen and oxygen atoms in total. The minimum Gasteiger partial charge on any atom is -0.366 e. The number of hydrogen-bond acceptors (Lipinski definition) is 3. The molecule has 2 aromatic rings. The van der Waals surface area contributed by atoms with Gasteiger partial charge in [0.25, 0.3) is 0 Å². The van der Waals surface area contributed by atoms with Crippen molar-refractivity contribution in [3.05, 3.63) is 52.9 Å². The molecule has 0 saturated heterocycles. The van der Waals surface area contributed by atoms with Gasteiger partial charge in [-0.15, -0.1) is 0 Å². The number of nitrogens with zero attached hydrogens (tertiary/aromatic N) is 2. The second kappa shape index (κ2) is 4.94. The average Bonchev–Trinajstić information content (AvgIpc) is 2.28. The average molecular weight is 234 g/mol. The Morgan fingerprint density at radius 1 is 1.25 bits per heavy atom. The quantitative estimate of drug-likeness (QED) is 0.828. The molecule has 0 fully saturated rings. The summed E-state index contributed by atoms with van der Waals surface area (Å²) in [5.74, 6) is 0.739. The smallest absolute Gasteiger partial charge is 0.134 e. The van der Waals surface area contributed by atoms with E-state index in [1.165, 1.54) is 17.5 Å². The monoisotopic (exact) mass is 233 g/mol. The number of benzene rings is 1. The number of hydrogen-bond donors (Lipinski definition) is 1. The fraction of sp³-hybridized carbons (Fsp3) is 0.167. The molecule has 0 radical (unpaired) electrons. The van der Waals surface area contributed by atoms with Gasteiger partial charge in [-0.05, 0) is 18.1 Å². The minimum atomic E-state index is 0.447. The summed E-state index contributed by atoms with van der Waals surface area (Å²) in [5, 5.41) is 3.65. The Labute approximate surface area is 99.5 Å². The maximum absolute atomic E-state index is 5.77. The molecule has 1 aromatic heterocycles. The fourth-order valence-corrected chi connectivity index (χ4v) is 1.57. The molecule has 1 aromatic carbocycles. The highest BCUT2D eigenvalue weighted by Crippen LogP contribution is 2.12.